The fourth-order valence-electron chi connectivity index (χ4n) is 4.37. The smallest absolute Gasteiger partial charge is 0.303 e. The molecule has 1 atom stereocenters. The van der Waals surface area contributed by atoms with Crippen molar-refractivity contribution in [1.82, 2.24) is 0 Å². The first-order chi connectivity index (χ1) is 15.8. The summed E-state index contributed by atoms with van der Waals surface area (Å²) in [6, 6.07) is 0. The van der Waals surface area contributed by atoms with Gasteiger partial charge in [0.05, 0.1) is 0 Å². The van der Waals surface area contributed by atoms with Gasteiger partial charge in [0.2, 0.25) is 0 Å². The summed E-state index contributed by atoms with van der Waals surface area (Å²) in [6.07, 6.45) is 25.6. The van der Waals surface area contributed by atoms with Crippen LogP contribution in [0, 0.1) is 11.8 Å². The van der Waals surface area contributed by atoms with Crippen LogP contribution in [-0.4, -0.2) is 16.9 Å². The lowest BCUT2D eigenvalue weighted by atomic mass is 9.85. The third kappa shape index (κ3) is 31.1. The van der Waals surface area contributed by atoms with E-state index in [0.29, 0.717) is 12.2 Å². The molecule has 1 unspecified atom stereocenters. The van der Waals surface area contributed by atoms with Gasteiger partial charge in [0.15, 0.2) is 0 Å². The molecule has 0 aromatic rings. The van der Waals surface area contributed by atoms with E-state index in [1.807, 2.05) is 0 Å². The van der Waals surface area contributed by atoms with Crippen LogP contribution in [0.25, 0.3) is 0 Å². The van der Waals surface area contributed by atoms with Gasteiger partial charge >= 0.3 is 5.97 Å². The lowest BCUT2D eigenvalue weighted by molar-refractivity contribution is -0.137. The minimum atomic E-state index is -0.656. The summed E-state index contributed by atoms with van der Waals surface area (Å²) in [6.45, 7) is 10.9. The summed E-state index contributed by atoms with van der Waals surface area (Å²) in [5, 5.41) is 8.57. The number of rotatable bonds is 23. The highest BCUT2D eigenvalue weighted by atomic mass is 16.4. The molecule has 0 radical (unpaired) electrons. The fraction of sp³-hybridized carbons (Fsp3) is 0.933. The molecule has 0 aliphatic heterocycles. The van der Waals surface area contributed by atoms with Crippen LogP contribution in [0.3, 0.4) is 0 Å². The van der Waals surface area contributed by atoms with E-state index in [1.54, 1.807) is 6.92 Å². The topological polar surface area (TPSA) is 54.4 Å². The number of hydrogen-bond donors (Lipinski definition) is 1. The zero-order chi connectivity index (χ0) is 25.2. The van der Waals surface area contributed by atoms with Crippen LogP contribution in [-0.2, 0) is 9.59 Å². The SMILES string of the molecule is CCCCCCC(CCCCCCC(=O)O)C(C)C.CCCCCCCCCCCC(C)=O. The number of carboxylic acid groups (broad SMARTS) is 1. The fourth-order valence-corrected chi connectivity index (χ4v) is 4.37. The van der Waals surface area contributed by atoms with Gasteiger partial charge in [0.25, 0.3) is 0 Å². The summed E-state index contributed by atoms with van der Waals surface area (Å²) in [4.78, 5) is 21.1. The molecule has 0 aromatic carbocycles. The summed E-state index contributed by atoms with van der Waals surface area (Å²) in [7, 11) is 0. The Hall–Kier alpha value is -0.860. The van der Waals surface area contributed by atoms with Crippen molar-refractivity contribution in [2.24, 2.45) is 11.8 Å². The van der Waals surface area contributed by atoms with E-state index in [4.69, 9.17) is 5.11 Å². The van der Waals surface area contributed by atoms with Crippen molar-refractivity contribution in [3.63, 3.8) is 0 Å². The minimum absolute atomic E-state index is 0.338. The number of unbranched alkanes of at least 4 members (excludes halogenated alkanes) is 14. The highest BCUT2D eigenvalue weighted by Crippen LogP contribution is 2.25. The number of carboxylic acids is 1. The number of carbonyl (C=O) groups is 2. The first-order valence-electron chi connectivity index (χ1n) is 14.6. The molecule has 1 N–H and O–H groups in total. The molecule has 0 saturated carbocycles. The lowest BCUT2D eigenvalue weighted by Crippen LogP contribution is -2.08. The molecule has 0 saturated heterocycles. The van der Waals surface area contributed by atoms with Gasteiger partial charge < -0.3 is 9.90 Å². The molecule has 0 amide bonds. The second-order valence-electron chi connectivity index (χ2n) is 10.5. The van der Waals surface area contributed by atoms with Gasteiger partial charge in [-0.25, -0.2) is 0 Å². The number of carbonyl (C=O) groups excluding carboxylic acids is 1. The third-order valence-corrected chi connectivity index (χ3v) is 6.72. The van der Waals surface area contributed by atoms with Crippen molar-refractivity contribution in [3.8, 4) is 0 Å². The number of Topliss-reactive ketones (excluding diaryl/α,β-unsaturated/α-hetero) is 1. The molecule has 0 spiro atoms. The van der Waals surface area contributed by atoms with Gasteiger partial charge in [-0.05, 0) is 31.6 Å². The van der Waals surface area contributed by atoms with Crippen molar-refractivity contribution in [2.75, 3.05) is 0 Å². The third-order valence-electron chi connectivity index (χ3n) is 6.72. The Morgan fingerprint density at radius 1 is 0.576 bits per heavy atom. The van der Waals surface area contributed by atoms with Crippen LogP contribution >= 0.6 is 0 Å². The van der Waals surface area contributed by atoms with Crippen LogP contribution in [0.1, 0.15) is 169 Å². The monoisotopic (exact) mass is 468 g/mol. The van der Waals surface area contributed by atoms with Gasteiger partial charge in [0.1, 0.15) is 5.78 Å². The van der Waals surface area contributed by atoms with Crippen LogP contribution in [0.4, 0.5) is 0 Å². The quantitative estimate of drug-likeness (QED) is 0.152. The standard InChI is InChI=1S/C17H34O2.C13H26O/c1-4-5-6-9-12-16(15(2)3)13-10-7-8-11-14-17(18)19;1-3-4-5-6-7-8-9-10-11-12-13(2)14/h15-16H,4-14H2,1-3H3,(H,18,19);3-12H2,1-2H3. The summed E-state index contributed by atoms with van der Waals surface area (Å²) in [5.41, 5.74) is 0. The highest BCUT2D eigenvalue weighted by Gasteiger charge is 2.12. The number of ketones is 1. The Morgan fingerprint density at radius 3 is 1.33 bits per heavy atom. The van der Waals surface area contributed by atoms with Crippen molar-refractivity contribution in [3.05, 3.63) is 0 Å². The zero-order valence-electron chi connectivity index (χ0n) is 23.3. The maximum Gasteiger partial charge on any atom is 0.303 e. The number of hydrogen-bond acceptors (Lipinski definition) is 2. The summed E-state index contributed by atoms with van der Waals surface area (Å²) >= 11 is 0. The molecule has 198 valence electrons. The van der Waals surface area contributed by atoms with E-state index in [1.165, 1.54) is 103 Å². The molecule has 0 aliphatic carbocycles. The van der Waals surface area contributed by atoms with Crippen LogP contribution in [0.2, 0.25) is 0 Å². The zero-order valence-corrected chi connectivity index (χ0v) is 23.3. The molecule has 3 heteroatoms. The van der Waals surface area contributed by atoms with E-state index in [2.05, 4.69) is 27.7 Å². The van der Waals surface area contributed by atoms with E-state index in [9.17, 15) is 9.59 Å². The molecular formula is C30H60O3. The minimum Gasteiger partial charge on any atom is -0.481 e. The van der Waals surface area contributed by atoms with Crippen LogP contribution in [0.5, 0.6) is 0 Å². The van der Waals surface area contributed by atoms with Gasteiger partial charge in [-0.2, -0.15) is 0 Å². The van der Waals surface area contributed by atoms with Crippen LogP contribution in [0.15, 0.2) is 0 Å². The number of aliphatic carboxylic acids is 1. The Bertz CT molecular complexity index is 417. The Balaban J connectivity index is 0. The second-order valence-corrected chi connectivity index (χ2v) is 10.5. The largest absolute Gasteiger partial charge is 0.481 e. The lowest BCUT2D eigenvalue weighted by Gasteiger charge is -2.20. The maximum atomic E-state index is 10.7. The Kier molecular flexibility index (Phi) is 28.5. The van der Waals surface area contributed by atoms with E-state index >= 15 is 0 Å². The molecule has 0 heterocycles. The Labute approximate surface area is 207 Å². The predicted octanol–water partition coefficient (Wildman–Crippen LogP) is 10.2. The van der Waals surface area contributed by atoms with Gasteiger partial charge in [0, 0.05) is 12.8 Å². The van der Waals surface area contributed by atoms with Crippen molar-refractivity contribution < 1.29 is 14.7 Å². The molecule has 3 nitrogen and oxygen atoms in total. The molecule has 0 rings (SSSR count). The van der Waals surface area contributed by atoms with E-state index in [-0.39, 0.29) is 0 Å². The molecular weight excluding hydrogens is 408 g/mol. The van der Waals surface area contributed by atoms with Crippen molar-refractivity contribution in [2.45, 2.75) is 169 Å². The highest BCUT2D eigenvalue weighted by molar-refractivity contribution is 5.75. The molecule has 0 bridgehead atoms. The van der Waals surface area contributed by atoms with Crippen molar-refractivity contribution >= 4 is 11.8 Å². The van der Waals surface area contributed by atoms with E-state index < -0.39 is 5.97 Å². The molecule has 0 aliphatic rings. The Morgan fingerprint density at radius 2 is 0.939 bits per heavy atom. The van der Waals surface area contributed by atoms with Crippen molar-refractivity contribution in [1.29, 1.82) is 0 Å². The van der Waals surface area contributed by atoms with E-state index in [0.717, 1.165) is 37.5 Å². The second kappa shape index (κ2) is 27.4. The predicted molar refractivity (Wildman–Crippen MR) is 145 cm³/mol. The first kappa shape index (κ1) is 34.3. The normalized spacial score (nSPS) is 11.8. The average molecular weight is 469 g/mol. The molecule has 0 aromatic heterocycles. The van der Waals surface area contributed by atoms with Gasteiger partial charge in [-0.1, -0.05) is 137 Å². The maximum absolute atomic E-state index is 10.7. The summed E-state index contributed by atoms with van der Waals surface area (Å²) in [5.74, 6) is 1.35. The van der Waals surface area contributed by atoms with Gasteiger partial charge in [-0.15, -0.1) is 0 Å². The summed E-state index contributed by atoms with van der Waals surface area (Å²) < 4.78 is 0. The molecule has 33 heavy (non-hydrogen) atoms. The van der Waals surface area contributed by atoms with Gasteiger partial charge in [-0.3, -0.25) is 4.79 Å². The molecule has 0 fully saturated rings. The van der Waals surface area contributed by atoms with Crippen LogP contribution < -0.4 is 0 Å². The first-order valence-corrected chi connectivity index (χ1v) is 14.6. The average Bonchev–Trinajstić information content (AvgIpc) is 2.76.